The first-order valence-corrected chi connectivity index (χ1v) is 6.34. The van der Waals surface area contributed by atoms with Crippen molar-refractivity contribution in [2.75, 3.05) is 32.1 Å². The number of carbonyl (C=O) groups is 1. The van der Waals surface area contributed by atoms with E-state index in [4.69, 9.17) is 5.26 Å². The zero-order valence-corrected chi connectivity index (χ0v) is 11.8. The second-order valence-electron chi connectivity index (χ2n) is 4.47. The highest BCUT2D eigenvalue weighted by molar-refractivity contribution is 9.10. The van der Waals surface area contributed by atoms with Gasteiger partial charge in [-0.1, -0.05) is 0 Å². The highest BCUT2D eigenvalue weighted by Crippen LogP contribution is 2.28. The van der Waals surface area contributed by atoms with Crippen molar-refractivity contribution in [2.24, 2.45) is 5.92 Å². The van der Waals surface area contributed by atoms with Gasteiger partial charge in [0.1, 0.15) is 11.9 Å². The van der Waals surface area contributed by atoms with E-state index in [1.54, 1.807) is 31.3 Å². The van der Waals surface area contributed by atoms with Crippen molar-refractivity contribution < 1.29 is 4.79 Å². The zero-order chi connectivity index (χ0) is 13.3. The minimum atomic E-state index is 0.0111. The monoisotopic (exact) mass is 308 g/mol. The van der Waals surface area contributed by atoms with Crippen LogP contribution in [0.4, 0.5) is 5.82 Å². The lowest BCUT2D eigenvalue weighted by atomic mass is 9.98. The summed E-state index contributed by atoms with van der Waals surface area (Å²) in [6.07, 6.45) is 1.66. The van der Waals surface area contributed by atoms with Crippen molar-refractivity contribution in [3.05, 3.63) is 22.3 Å². The molecular formula is C12H13BrN4O. The lowest BCUT2D eigenvalue weighted by Crippen LogP contribution is -2.54. The number of amides is 1. The van der Waals surface area contributed by atoms with Crippen LogP contribution in [0.2, 0.25) is 0 Å². The number of rotatable bonds is 2. The molecule has 2 rings (SSSR count). The molecule has 0 atom stereocenters. The number of anilines is 1. The standard InChI is InChI=1S/C12H13BrN4O/c1-16(2)12(18)9-6-17(7-9)11-8(4-14)3-10(13)5-15-11/h3,5,9H,6-7H2,1-2H3. The van der Waals surface area contributed by atoms with Crippen LogP contribution in [0.15, 0.2) is 16.7 Å². The summed E-state index contributed by atoms with van der Waals surface area (Å²) in [6, 6.07) is 3.86. The van der Waals surface area contributed by atoms with Gasteiger partial charge in [-0.05, 0) is 22.0 Å². The molecule has 1 aromatic heterocycles. The summed E-state index contributed by atoms with van der Waals surface area (Å²) in [4.78, 5) is 19.5. The fourth-order valence-electron chi connectivity index (χ4n) is 1.94. The molecule has 18 heavy (non-hydrogen) atoms. The number of hydrogen-bond donors (Lipinski definition) is 0. The molecule has 0 N–H and O–H groups in total. The van der Waals surface area contributed by atoms with Crippen LogP contribution < -0.4 is 4.90 Å². The molecule has 0 aromatic carbocycles. The lowest BCUT2D eigenvalue weighted by Gasteiger charge is -2.40. The van der Waals surface area contributed by atoms with E-state index in [0.29, 0.717) is 24.5 Å². The van der Waals surface area contributed by atoms with Crippen molar-refractivity contribution in [3.8, 4) is 6.07 Å². The Bertz CT molecular complexity index is 517. The Balaban J connectivity index is 2.09. The van der Waals surface area contributed by atoms with Gasteiger partial charge in [0.25, 0.3) is 0 Å². The zero-order valence-electron chi connectivity index (χ0n) is 10.2. The molecule has 0 radical (unpaired) electrons. The second-order valence-corrected chi connectivity index (χ2v) is 5.39. The van der Waals surface area contributed by atoms with Crippen LogP contribution in [0.1, 0.15) is 5.56 Å². The average molecular weight is 309 g/mol. The second kappa shape index (κ2) is 4.94. The molecule has 1 aliphatic rings. The third-order valence-electron chi connectivity index (χ3n) is 2.92. The Hall–Kier alpha value is -1.61. The molecule has 1 aromatic rings. The van der Waals surface area contributed by atoms with Crippen LogP contribution in [0.5, 0.6) is 0 Å². The largest absolute Gasteiger partial charge is 0.354 e. The fourth-order valence-corrected chi connectivity index (χ4v) is 2.27. The molecule has 1 aliphatic heterocycles. The Morgan fingerprint density at radius 3 is 2.83 bits per heavy atom. The topological polar surface area (TPSA) is 60.2 Å². The van der Waals surface area contributed by atoms with Crippen molar-refractivity contribution in [1.29, 1.82) is 5.26 Å². The van der Waals surface area contributed by atoms with E-state index >= 15 is 0 Å². The predicted molar refractivity (Wildman–Crippen MR) is 71.0 cm³/mol. The third kappa shape index (κ3) is 2.31. The summed E-state index contributed by atoms with van der Waals surface area (Å²) >= 11 is 3.29. The highest BCUT2D eigenvalue weighted by atomic mass is 79.9. The molecule has 1 amide bonds. The van der Waals surface area contributed by atoms with E-state index < -0.39 is 0 Å². The molecule has 2 heterocycles. The predicted octanol–water partition coefficient (Wildman–Crippen LogP) is 1.24. The first kappa shape index (κ1) is 12.8. The first-order chi connectivity index (χ1) is 8.52. The Kier molecular flexibility index (Phi) is 3.53. The average Bonchev–Trinajstić information content (AvgIpc) is 2.28. The van der Waals surface area contributed by atoms with Gasteiger partial charge in [0.15, 0.2) is 0 Å². The van der Waals surface area contributed by atoms with E-state index in [-0.39, 0.29) is 11.8 Å². The van der Waals surface area contributed by atoms with Crippen molar-refractivity contribution in [1.82, 2.24) is 9.88 Å². The Morgan fingerprint density at radius 1 is 1.61 bits per heavy atom. The van der Waals surface area contributed by atoms with Gasteiger partial charge in [0, 0.05) is 37.9 Å². The first-order valence-electron chi connectivity index (χ1n) is 5.54. The molecule has 0 aliphatic carbocycles. The number of aromatic nitrogens is 1. The minimum Gasteiger partial charge on any atom is -0.354 e. The number of hydrogen-bond acceptors (Lipinski definition) is 4. The molecule has 94 valence electrons. The number of nitrogens with zero attached hydrogens (tertiary/aromatic N) is 4. The molecule has 0 bridgehead atoms. The van der Waals surface area contributed by atoms with E-state index in [2.05, 4.69) is 27.0 Å². The molecule has 0 spiro atoms. The van der Waals surface area contributed by atoms with Gasteiger partial charge in [-0.3, -0.25) is 4.79 Å². The van der Waals surface area contributed by atoms with E-state index in [1.807, 2.05) is 4.90 Å². The highest BCUT2D eigenvalue weighted by Gasteiger charge is 2.35. The van der Waals surface area contributed by atoms with Gasteiger partial charge in [-0.25, -0.2) is 4.98 Å². The van der Waals surface area contributed by atoms with Crippen molar-refractivity contribution in [3.63, 3.8) is 0 Å². The van der Waals surface area contributed by atoms with Gasteiger partial charge in [0.2, 0.25) is 5.91 Å². The number of halogens is 1. The van der Waals surface area contributed by atoms with Crippen LogP contribution in [0.25, 0.3) is 0 Å². The molecule has 1 fully saturated rings. The maximum absolute atomic E-state index is 11.7. The normalized spacial score (nSPS) is 14.9. The minimum absolute atomic E-state index is 0.0111. The maximum atomic E-state index is 11.7. The third-order valence-corrected chi connectivity index (χ3v) is 3.36. The molecule has 5 nitrogen and oxygen atoms in total. The smallest absolute Gasteiger partial charge is 0.228 e. The SMILES string of the molecule is CN(C)C(=O)C1CN(c2ncc(Br)cc2C#N)C1. The Morgan fingerprint density at radius 2 is 2.28 bits per heavy atom. The van der Waals surface area contributed by atoms with Crippen LogP contribution in [0.3, 0.4) is 0 Å². The number of pyridine rings is 1. The summed E-state index contributed by atoms with van der Waals surface area (Å²) in [5, 5.41) is 9.06. The van der Waals surface area contributed by atoms with Crippen LogP contribution in [-0.2, 0) is 4.79 Å². The van der Waals surface area contributed by atoms with Crippen molar-refractivity contribution >= 4 is 27.7 Å². The number of carbonyl (C=O) groups excluding carboxylic acids is 1. The summed E-state index contributed by atoms with van der Waals surface area (Å²) in [5.74, 6) is 0.794. The maximum Gasteiger partial charge on any atom is 0.228 e. The van der Waals surface area contributed by atoms with Gasteiger partial charge >= 0.3 is 0 Å². The van der Waals surface area contributed by atoms with Crippen LogP contribution in [-0.4, -0.2) is 43.0 Å². The van der Waals surface area contributed by atoms with Gasteiger partial charge in [0.05, 0.1) is 11.5 Å². The van der Waals surface area contributed by atoms with Gasteiger partial charge < -0.3 is 9.80 Å². The summed E-state index contributed by atoms with van der Waals surface area (Å²) in [7, 11) is 3.51. The molecule has 0 unspecified atom stereocenters. The van der Waals surface area contributed by atoms with Crippen molar-refractivity contribution in [2.45, 2.75) is 0 Å². The summed E-state index contributed by atoms with van der Waals surface area (Å²) < 4.78 is 0.782. The van der Waals surface area contributed by atoms with E-state index in [0.717, 1.165) is 4.47 Å². The van der Waals surface area contributed by atoms with Crippen LogP contribution in [0, 0.1) is 17.2 Å². The molecule has 6 heteroatoms. The summed E-state index contributed by atoms with van der Waals surface area (Å²) in [5.41, 5.74) is 0.528. The Labute approximate surface area is 114 Å². The fraction of sp³-hybridized carbons (Fsp3) is 0.417. The van der Waals surface area contributed by atoms with Gasteiger partial charge in [-0.15, -0.1) is 0 Å². The molecule has 0 saturated carbocycles. The van der Waals surface area contributed by atoms with E-state index in [9.17, 15) is 4.79 Å². The van der Waals surface area contributed by atoms with E-state index in [1.165, 1.54) is 0 Å². The van der Waals surface area contributed by atoms with Gasteiger partial charge in [-0.2, -0.15) is 5.26 Å². The molecule has 1 saturated heterocycles. The lowest BCUT2D eigenvalue weighted by molar-refractivity contribution is -0.133. The van der Waals surface area contributed by atoms with Crippen LogP contribution >= 0.6 is 15.9 Å². The number of nitriles is 1. The summed E-state index contributed by atoms with van der Waals surface area (Å²) in [6.45, 7) is 1.25. The quantitative estimate of drug-likeness (QED) is 0.825. The molecular weight excluding hydrogens is 296 g/mol.